The van der Waals surface area contributed by atoms with Gasteiger partial charge in [-0.2, -0.15) is 0 Å². The van der Waals surface area contributed by atoms with Crippen molar-refractivity contribution < 1.29 is 24.9 Å². The Kier molecular flexibility index (Phi) is 7.27. The summed E-state index contributed by atoms with van der Waals surface area (Å²) in [6, 6.07) is 14.6. The highest BCUT2D eigenvalue weighted by molar-refractivity contribution is 6.27. The quantitative estimate of drug-likeness (QED) is 0.688. The van der Waals surface area contributed by atoms with Crippen LogP contribution in [-0.4, -0.2) is 63.8 Å². The number of rotatable bonds is 3. The first-order chi connectivity index (χ1) is 12.9. The van der Waals surface area contributed by atoms with Crippen molar-refractivity contribution in [1.82, 2.24) is 9.88 Å². The van der Waals surface area contributed by atoms with Crippen LogP contribution >= 0.6 is 0 Å². The van der Waals surface area contributed by atoms with Gasteiger partial charge in [0.15, 0.2) is 0 Å². The molecular weight excluding hydrogens is 350 g/mol. The van der Waals surface area contributed by atoms with E-state index < -0.39 is 11.9 Å². The van der Waals surface area contributed by atoms with Crippen molar-refractivity contribution in [2.75, 3.05) is 31.6 Å². The lowest BCUT2D eigenvalue weighted by atomic mass is 10.0. The minimum absolute atomic E-state index is 0.0248. The van der Waals surface area contributed by atoms with Gasteiger partial charge >= 0.3 is 11.9 Å². The number of likely N-dealkylation sites (N-methyl/N-ethyl adjacent to an activating group) is 1. The van der Waals surface area contributed by atoms with Gasteiger partial charge in [0.25, 0.3) is 0 Å². The van der Waals surface area contributed by atoms with Crippen molar-refractivity contribution in [2.24, 2.45) is 0 Å². The summed E-state index contributed by atoms with van der Waals surface area (Å²) in [5.41, 5.74) is 2.18. The standard InChI is InChI=1S/C17H21N3O.C2H2O4/c1-19-10-11-20(17-15(13-21)8-5-9-18-17)16(12-19)14-6-3-2-4-7-14;3-1(4)2(5)6/h2-9,16,21H,10-13H2,1H3;(H,3,4)(H,5,6)/t16-;/m0./s1. The molecule has 1 aromatic heterocycles. The summed E-state index contributed by atoms with van der Waals surface area (Å²) < 4.78 is 0. The van der Waals surface area contributed by atoms with E-state index in [-0.39, 0.29) is 12.6 Å². The number of aliphatic carboxylic acids is 2. The van der Waals surface area contributed by atoms with Crippen LogP contribution in [-0.2, 0) is 16.2 Å². The van der Waals surface area contributed by atoms with Gasteiger partial charge in [-0.25, -0.2) is 14.6 Å². The predicted octanol–water partition coefficient (Wildman–Crippen LogP) is 1.22. The zero-order valence-electron chi connectivity index (χ0n) is 15.0. The number of anilines is 1. The fraction of sp³-hybridized carbons (Fsp3) is 0.316. The van der Waals surface area contributed by atoms with E-state index in [0.29, 0.717) is 0 Å². The monoisotopic (exact) mass is 373 g/mol. The van der Waals surface area contributed by atoms with Crippen LogP contribution < -0.4 is 4.90 Å². The summed E-state index contributed by atoms with van der Waals surface area (Å²) in [4.78, 5) is 27.4. The molecule has 0 amide bonds. The molecule has 27 heavy (non-hydrogen) atoms. The van der Waals surface area contributed by atoms with Gasteiger partial charge in [0.05, 0.1) is 12.6 Å². The van der Waals surface area contributed by atoms with Gasteiger partial charge < -0.3 is 25.1 Å². The number of aliphatic hydroxyl groups excluding tert-OH is 1. The molecule has 0 saturated carbocycles. The molecule has 0 radical (unpaired) electrons. The Morgan fingerprint density at radius 3 is 2.33 bits per heavy atom. The number of carbonyl (C=O) groups is 2. The molecule has 1 saturated heterocycles. The van der Waals surface area contributed by atoms with Crippen LogP contribution in [0.2, 0.25) is 0 Å². The zero-order chi connectivity index (χ0) is 19.8. The normalized spacial score (nSPS) is 17.0. The number of pyridine rings is 1. The first-order valence-corrected chi connectivity index (χ1v) is 8.45. The van der Waals surface area contributed by atoms with E-state index in [0.717, 1.165) is 31.0 Å². The van der Waals surface area contributed by atoms with Crippen LogP contribution in [0.1, 0.15) is 17.2 Å². The Balaban J connectivity index is 0.000000380. The van der Waals surface area contributed by atoms with E-state index in [1.54, 1.807) is 6.20 Å². The number of carboxylic acid groups (broad SMARTS) is 2. The van der Waals surface area contributed by atoms with Crippen LogP contribution in [0.15, 0.2) is 48.7 Å². The third kappa shape index (κ3) is 5.50. The molecule has 0 unspecified atom stereocenters. The summed E-state index contributed by atoms with van der Waals surface area (Å²) >= 11 is 0. The molecule has 1 aromatic carbocycles. The molecule has 3 rings (SSSR count). The molecular formula is C19H23N3O5. The molecule has 0 aliphatic carbocycles. The predicted molar refractivity (Wildman–Crippen MR) is 99.5 cm³/mol. The number of benzene rings is 1. The van der Waals surface area contributed by atoms with Crippen molar-refractivity contribution >= 4 is 17.8 Å². The Morgan fingerprint density at radius 1 is 1.07 bits per heavy atom. The van der Waals surface area contributed by atoms with E-state index in [9.17, 15) is 5.11 Å². The van der Waals surface area contributed by atoms with Gasteiger partial charge in [-0.05, 0) is 18.7 Å². The van der Waals surface area contributed by atoms with Crippen molar-refractivity contribution in [2.45, 2.75) is 12.6 Å². The van der Waals surface area contributed by atoms with Crippen LogP contribution in [0.5, 0.6) is 0 Å². The van der Waals surface area contributed by atoms with Crippen LogP contribution in [0.25, 0.3) is 0 Å². The fourth-order valence-corrected chi connectivity index (χ4v) is 2.95. The maximum absolute atomic E-state index is 9.58. The highest BCUT2D eigenvalue weighted by Crippen LogP contribution is 2.31. The summed E-state index contributed by atoms with van der Waals surface area (Å²) in [6.07, 6.45) is 1.80. The van der Waals surface area contributed by atoms with Crippen LogP contribution in [0.4, 0.5) is 5.82 Å². The minimum Gasteiger partial charge on any atom is -0.473 e. The van der Waals surface area contributed by atoms with E-state index in [4.69, 9.17) is 19.8 Å². The first-order valence-electron chi connectivity index (χ1n) is 8.45. The van der Waals surface area contributed by atoms with Gasteiger partial charge in [-0.1, -0.05) is 36.4 Å². The topological polar surface area (TPSA) is 114 Å². The van der Waals surface area contributed by atoms with Crippen LogP contribution in [0, 0.1) is 0 Å². The van der Waals surface area contributed by atoms with Gasteiger partial charge in [-0.15, -0.1) is 0 Å². The van der Waals surface area contributed by atoms with E-state index in [1.807, 2.05) is 18.2 Å². The van der Waals surface area contributed by atoms with E-state index >= 15 is 0 Å². The number of aliphatic hydroxyl groups is 1. The maximum Gasteiger partial charge on any atom is 0.414 e. The summed E-state index contributed by atoms with van der Waals surface area (Å²) in [7, 11) is 2.15. The maximum atomic E-state index is 9.58. The van der Waals surface area contributed by atoms with Crippen molar-refractivity contribution in [3.63, 3.8) is 0 Å². The first kappa shape index (κ1) is 20.3. The highest BCUT2D eigenvalue weighted by atomic mass is 16.4. The summed E-state index contributed by atoms with van der Waals surface area (Å²) in [6.45, 7) is 2.91. The average molecular weight is 373 g/mol. The third-order valence-electron chi connectivity index (χ3n) is 4.26. The molecule has 2 heterocycles. The lowest BCUT2D eigenvalue weighted by Gasteiger charge is -2.41. The molecule has 2 aromatic rings. The van der Waals surface area contributed by atoms with Crippen LogP contribution in [0.3, 0.4) is 0 Å². The van der Waals surface area contributed by atoms with Crippen molar-refractivity contribution in [3.8, 4) is 0 Å². The molecule has 1 aliphatic heterocycles. The van der Waals surface area contributed by atoms with Gasteiger partial charge in [-0.3, -0.25) is 0 Å². The molecule has 1 atom stereocenters. The number of hydrogen-bond donors (Lipinski definition) is 3. The number of hydrogen-bond acceptors (Lipinski definition) is 6. The fourth-order valence-electron chi connectivity index (χ4n) is 2.95. The van der Waals surface area contributed by atoms with Gasteiger partial charge in [0.2, 0.25) is 0 Å². The Bertz CT molecular complexity index is 757. The second-order valence-corrected chi connectivity index (χ2v) is 6.14. The number of nitrogens with zero attached hydrogens (tertiary/aromatic N) is 3. The van der Waals surface area contributed by atoms with E-state index in [1.165, 1.54) is 5.56 Å². The summed E-state index contributed by atoms with van der Waals surface area (Å²) in [5, 5.41) is 24.4. The molecule has 8 nitrogen and oxygen atoms in total. The molecule has 1 aliphatic rings. The van der Waals surface area contributed by atoms with Gasteiger partial charge in [0, 0.05) is 31.4 Å². The molecule has 0 spiro atoms. The minimum atomic E-state index is -1.82. The SMILES string of the molecule is CN1CCN(c2ncccc2CO)[C@H](c2ccccc2)C1.O=C(O)C(=O)O. The molecule has 8 heteroatoms. The van der Waals surface area contributed by atoms with Gasteiger partial charge in [0.1, 0.15) is 5.82 Å². The lowest BCUT2D eigenvalue weighted by molar-refractivity contribution is -0.159. The Labute approximate surface area is 157 Å². The number of piperazine rings is 1. The lowest BCUT2D eigenvalue weighted by Crippen LogP contribution is -2.47. The highest BCUT2D eigenvalue weighted by Gasteiger charge is 2.28. The Hall–Kier alpha value is -2.97. The summed E-state index contributed by atoms with van der Waals surface area (Å²) in [5.74, 6) is -2.74. The van der Waals surface area contributed by atoms with E-state index in [2.05, 4.69) is 46.1 Å². The molecule has 1 fully saturated rings. The molecule has 3 N–H and O–H groups in total. The second kappa shape index (κ2) is 9.65. The zero-order valence-corrected chi connectivity index (χ0v) is 15.0. The largest absolute Gasteiger partial charge is 0.473 e. The average Bonchev–Trinajstić information content (AvgIpc) is 2.69. The second-order valence-electron chi connectivity index (χ2n) is 6.14. The van der Waals surface area contributed by atoms with Crippen molar-refractivity contribution in [1.29, 1.82) is 0 Å². The van der Waals surface area contributed by atoms with Crippen molar-refractivity contribution in [3.05, 3.63) is 59.8 Å². The Morgan fingerprint density at radius 2 is 1.74 bits per heavy atom. The number of aromatic nitrogens is 1. The number of carboxylic acids is 2. The third-order valence-corrected chi connectivity index (χ3v) is 4.26. The smallest absolute Gasteiger partial charge is 0.414 e. The molecule has 144 valence electrons. The molecule has 0 bridgehead atoms.